The Bertz CT molecular complexity index is 1050. The minimum atomic E-state index is -0.268. The van der Waals surface area contributed by atoms with Crippen LogP contribution in [0.15, 0.2) is 72.8 Å². The average molecular weight is 418 g/mol. The molecular weight excluding hydrogens is 392 g/mol. The monoisotopic (exact) mass is 418 g/mol. The van der Waals surface area contributed by atoms with Crippen LogP contribution in [0.25, 0.3) is 0 Å². The Labute approximate surface area is 182 Å². The third-order valence-corrected chi connectivity index (χ3v) is 4.87. The minimum absolute atomic E-state index is 0.0941. The number of carbonyl (C=O) groups excluding carboxylic acids is 2. The number of rotatable bonds is 8. The number of hydrogen-bond donors (Lipinski definition) is 2. The molecule has 0 aliphatic heterocycles. The molecule has 1 atom stereocenters. The fourth-order valence-corrected chi connectivity index (χ4v) is 3.25. The second-order valence-electron chi connectivity index (χ2n) is 7.11. The largest absolute Gasteiger partial charge is 0.496 e. The van der Waals surface area contributed by atoms with E-state index in [0.717, 1.165) is 11.1 Å². The first-order valence-corrected chi connectivity index (χ1v) is 10.00. The number of benzene rings is 3. The van der Waals surface area contributed by atoms with Crippen LogP contribution in [0, 0.1) is 6.92 Å². The zero-order valence-corrected chi connectivity index (χ0v) is 17.8. The molecule has 0 aliphatic carbocycles. The normalized spacial score (nSPS) is 11.3. The van der Waals surface area contributed by atoms with Crippen LogP contribution >= 0.6 is 0 Å². The molecule has 1 unspecified atom stereocenters. The molecule has 0 spiro atoms. The lowest BCUT2D eigenvalue weighted by atomic mass is 10.0. The number of hydrogen-bond acceptors (Lipinski definition) is 4. The van der Waals surface area contributed by atoms with Gasteiger partial charge in [0.2, 0.25) is 0 Å². The van der Waals surface area contributed by atoms with Crippen LogP contribution in [0.4, 0.5) is 5.69 Å². The predicted octanol–water partition coefficient (Wildman–Crippen LogP) is 4.51. The summed E-state index contributed by atoms with van der Waals surface area (Å²) in [6, 6.07) is 21.7. The first kappa shape index (κ1) is 21.9. The van der Waals surface area contributed by atoms with Gasteiger partial charge in [-0.25, -0.2) is 0 Å². The van der Waals surface area contributed by atoms with Gasteiger partial charge >= 0.3 is 0 Å². The van der Waals surface area contributed by atoms with Crippen molar-refractivity contribution >= 4 is 17.5 Å². The van der Waals surface area contributed by atoms with Gasteiger partial charge in [-0.1, -0.05) is 36.4 Å². The third-order valence-electron chi connectivity index (χ3n) is 4.87. The van der Waals surface area contributed by atoms with E-state index in [1.807, 2.05) is 38.1 Å². The highest BCUT2D eigenvalue weighted by molar-refractivity contribution is 6.06. The molecule has 6 nitrogen and oxygen atoms in total. The van der Waals surface area contributed by atoms with E-state index in [-0.39, 0.29) is 24.5 Å². The van der Waals surface area contributed by atoms with E-state index >= 15 is 0 Å². The molecule has 0 fully saturated rings. The highest BCUT2D eigenvalue weighted by atomic mass is 16.5. The standard InChI is InChI=1S/C25H26N2O4/c1-17-8-4-5-9-21(17)18(2)26-24(28)16-31-20-14-12-19(13-15-20)27-25(29)22-10-6-7-11-23(22)30-3/h4-15,18H,16H2,1-3H3,(H,26,28)(H,27,29). The lowest BCUT2D eigenvalue weighted by Crippen LogP contribution is -2.31. The summed E-state index contributed by atoms with van der Waals surface area (Å²) in [5.74, 6) is 0.569. The van der Waals surface area contributed by atoms with Crippen LogP contribution in [-0.2, 0) is 4.79 Å². The van der Waals surface area contributed by atoms with Crippen molar-refractivity contribution in [1.82, 2.24) is 5.32 Å². The maximum Gasteiger partial charge on any atom is 0.259 e. The van der Waals surface area contributed by atoms with Crippen LogP contribution in [0.2, 0.25) is 0 Å². The number of carbonyl (C=O) groups is 2. The van der Waals surface area contributed by atoms with Crippen molar-refractivity contribution in [3.8, 4) is 11.5 Å². The molecule has 160 valence electrons. The van der Waals surface area contributed by atoms with Crippen molar-refractivity contribution in [1.29, 1.82) is 0 Å². The molecular formula is C25H26N2O4. The molecule has 0 saturated heterocycles. The summed E-state index contributed by atoms with van der Waals surface area (Å²) in [7, 11) is 1.52. The van der Waals surface area contributed by atoms with Crippen molar-refractivity contribution in [3.05, 3.63) is 89.5 Å². The van der Waals surface area contributed by atoms with Crippen LogP contribution in [0.3, 0.4) is 0 Å². The van der Waals surface area contributed by atoms with Gasteiger partial charge < -0.3 is 20.1 Å². The molecule has 0 radical (unpaired) electrons. The van der Waals surface area contributed by atoms with Crippen molar-refractivity contribution in [2.24, 2.45) is 0 Å². The van der Waals surface area contributed by atoms with E-state index in [1.54, 1.807) is 48.5 Å². The highest BCUT2D eigenvalue weighted by Gasteiger charge is 2.13. The van der Waals surface area contributed by atoms with E-state index in [4.69, 9.17) is 9.47 Å². The van der Waals surface area contributed by atoms with Gasteiger partial charge in [0, 0.05) is 5.69 Å². The summed E-state index contributed by atoms with van der Waals surface area (Å²) in [5.41, 5.74) is 3.26. The van der Waals surface area contributed by atoms with E-state index in [2.05, 4.69) is 10.6 Å². The number of anilines is 1. The highest BCUT2D eigenvalue weighted by Crippen LogP contribution is 2.21. The van der Waals surface area contributed by atoms with Crippen molar-refractivity contribution in [3.63, 3.8) is 0 Å². The van der Waals surface area contributed by atoms with Gasteiger partial charge in [-0.2, -0.15) is 0 Å². The molecule has 3 aromatic rings. The number of nitrogens with one attached hydrogen (secondary N) is 2. The van der Waals surface area contributed by atoms with Crippen molar-refractivity contribution in [2.75, 3.05) is 19.0 Å². The number of amides is 2. The molecule has 0 aliphatic rings. The summed E-state index contributed by atoms with van der Waals surface area (Å²) in [6.45, 7) is 3.87. The van der Waals surface area contributed by atoms with Gasteiger partial charge in [0.15, 0.2) is 6.61 Å². The second-order valence-corrected chi connectivity index (χ2v) is 7.11. The molecule has 2 amide bonds. The van der Waals surface area contributed by atoms with Crippen LogP contribution in [-0.4, -0.2) is 25.5 Å². The van der Waals surface area contributed by atoms with E-state index in [0.29, 0.717) is 22.7 Å². The van der Waals surface area contributed by atoms with Gasteiger partial charge in [-0.15, -0.1) is 0 Å². The lowest BCUT2D eigenvalue weighted by molar-refractivity contribution is -0.123. The summed E-state index contributed by atoms with van der Waals surface area (Å²) in [4.78, 5) is 24.7. The van der Waals surface area contributed by atoms with E-state index < -0.39 is 0 Å². The van der Waals surface area contributed by atoms with E-state index in [1.165, 1.54) is 7.11 Å². The smallest absolute Gasteiger partial charge is 0.259 e. The number of methoxy groups -OCH3 is 1. The fraction of sp³-hybridized carbons (Fsp3) is 0.200. The zero-order valence-electron chi connectivity index (χ0n) is 17.8. The molecule has 2 N–H and O–H groups in total. The Hall–Kier alpha value is -3.80. The Morgan fingerprint density at radius 1 is 0.935 bits per heavy atom. The molecule has 0 bridgehead atoms. The molecule has 31 heavy (non-hydrogen) atoms. The molecule has 0 heterocycles. The molecule has 0 aromatic heterocycles. The third kappa shape index (κ3) is 5.85. The molecule has 6 heteroatoms. The summed E-state index contributed by atoms with van der Waals surface area (Å²) >= 11 is 0. The van der Waals surface area contributed by atoms with Crippen LogP contribution in [0.5, 0.6) is 11.5 Å². The van der Waals surface area contributed by atoms with Crippen molar-refractivity contribution in [2.45, 2.75) is 19.9 Å². The first-order valence-electron chi connectivity index (χ1n) is 10.00. The Balaban J connectivity index is 1.52. The zero-order chi connectivity index (χ0) is 22.2. The van der Waals surface area contributed by atoms with Crippen LogP contribution in [0.1, 0.15) is 34.5 Å². The number of ether oxygens (including phenoxy) is 2. The van der Waals surface area contributed by atoms with Gasteiger partial charge in [-0.05, 0) is 61.4 Å². The molecule has 0 saturated carbocycles. The molecule has 3 rings (SSSR count). The maximum absolute atomic E-state index is 12.5. The summed E-state index contributed by atoms with van der Waals surface area (Å²) in [5, 5.41) is 5.76. The van der Waals surface area contributed by atoms with E-state index in [9.17, 15) is 9.59 Å². The van der Waals surface area contributed by atoms with Gasteiger partial charge in [0.1, 0.15) is 11.5 Å². The summed E-state index contributed by atoms with van der Waals surface area (Å²) in [6.07, 6.45) is 0. The lowest BCUT2D eigenvalue weighted by Gasteiger charge is -2.17. The van der Waals surface area contributed by atoms with Gasteiger partial charge in [-0.3, -0.25) is 9.59 Å². The molecule has 3 aromatic carbocycles. The van der Waals surface area contributed by atoms with Gasteiger partial charge in [0.25, 0.3) is 11.8 Å². The topological polar surface area (TPSA) is 76.7 Å². The number of para-hydroxylation sites is 1. The maximum atomic E-state index is 12.5. The fourth-order valence-electron chi connectivity index (χ4n) is 3.25. The Morgan fingerprint density at radius 3 is 2.32 bits per heavy atom. The van der Waals surface area contributed by atoms with Crippen LogP contribution < -0.4 is 20.1 Å². The first-order chi connectivity index (χ1) is 15.0. The average Bonchev–Trinajstić information content (AvgIpc) is 2.78. The van der Waals surface area contributed by atoms with Crippen molar-refractivity contribution < 1.29 is 19.1 Å². The quantitative estimate of drug-likeness (QED) is 0.564. The SMILES string of the molecule is COc1ccccc1C(=O)Nc1ccc(OCC(=O)NC(C)c2ccccc2C)cc1. The minimum Gasteiger partial charge on any atom is -0.496 e. The summed E-state index contributed by atoms with van der Waals surface area (Å²) < 4.78 is 10.8. The van der Waals surface area contributed by atoms with Gasteiger partial charge in [0.05, 0.1) is 18.7 Å². The Morgan fingerprint density at radius 2 is 1.61 bits per heavy atom. The number of aryl methyl sites for hydroxylation is 1. The Kier molecular flexibility index (Phi) is 7.27. The predicted molar refractivity (Wildman–Crippen MR) is 121 cm³/mol. The second kappa shape index (κ2) is 10.3.